The van der Waals surface area contributed by atoms with Crippen molar-refractivity contribution >= 4 is 39.0 Å². The first-order valence-corrected chi connectivity index (χ1v) is 17.6. The molecule has 8 aromatic carbocycles. The Morgan fingerprint density at radius 2 is 1.02 bits per heavy atom. The Kier molecular flexibility index (Phi) is 5.91. The number of benzene rings is 8. The molecule has 9 aromatic rings. The quantitative estimate of drug-likeness (QED) is 0.189. The lowest BCUT2D eigenvalue weighted by Crippen LogP contribution is -2.26. The molecule has 2 heteroatoms. The Labute approximate surface area is 296 Å². The standard InChI is InChI=1S/C49H31NO/c1-3-15-32(16-4-1)35-19-9-13-25-45(35)50(33-17-5-2-6-18-33)34-27-28-37-36-20-7-11-23-41(36)49(44(37)31-34)42-24-12-8-22-40(42)47-43(49)30-29-39-38-21-10-14-26-46(38)51-48(39)47/h1-31H. The summed E-state index contributed by atoms with van der Waals surface area (Å²) in [5.74, 6) is 0. The van der Waals surface area contributed by atoms with Gasteiger partial charge in [-0.15, -0.1) is 0 Å². The molecule has 1 spiro atoms. The van der Waals surface area contributed by atoms with Gasteiger partial charge in [-0.1, -0.05) is 152 Å². The summed E-state index contributed by atoms with van der Waals surface area (Å²) in [6.45, 7) is 0. The summed E-state index contributed by atoms with van der Waals surface area (Å²) in [6, 6.07) is 68.3. The van der Waals surface area contributed by atoms with Gasteiger partial charge in [0.25, 0.3) is 0 Å². The second-order valence-corrected chi connectivity index (χ2v) is 13.6. The summed E-state index contributed by atoms with van der Waals surface area (Å²) in [7, 11) is 0. The molecule has 0 bridgehead atoms. The van der Waals surface area contributed by atoms with Crippen molar-refractivity contribution in [3.63, 3.8) is 0 Å². The number of furan rings is 1. The van der Waals surface area contributed by atoms with Crippen LogP contribution in [0, 0.1) is 0 Å². The molecule has 238 valence electrons. The van der Waals surface area contributed by atoms with Gasteiger partial charge in [0.1, 0.15) is 11.2 Å². The van der Waals surface area contributed by atoms with Crippen LogP contribution < -0.4 is 4.90 Å². The van der Waals surface area contributed by atoms with Crippen LogP contribution in [0.3, 0.4) is 0 Å². The van der Waals surface area contributed by atoms with Crippen molar-refractivity contribution in [1.82, 2.24) is 0 Å². The van der Waals surface area contributed by atoms with Crippen LogP contribution in [0.5, 0.6) is 0 Å². The van der Waals surface area contributed by atoms with E-state index in [0.29, 0.717) is 0 Å². The Morgan fingerprint density at radius 1 is 0.392 bits per heavy atom. The van der Waals surface area contributed by atoms with Crippen LogP contribution in [-0.2, 0) is 5.41 Å². The Bertz CT molecular complexity index is 2810. The highest BCUT2D eigenvalue weighted by molar-refractivity contribution is 6.13. The first-order valence-electron chi connectivity index (χ1n) is 17.6. The Morgan fingerprint density at radius 3 is 1.84 bits per heavy atom. The second-order valence-electron chi connectivity index (χ2n) is 13.6. The summed E-state index contributed by atoms with van der Waals surface area (Å²) in [5, 5.41) is 2.31. The summed E-state index contributed by atoms with van der Waals surface area (Å²) in [5.41, 5.74) is 17.3. The number of nitrogens with zero attached hydrogens (tertiary/aromatic N) is 1. The Hall–Kier alpha value is -6.64. The molecular weight excluding hydrogens is 619 g/mol. The van der Waals surface area contributed by atoms with E-state index in [4.69, 9.17) is 4.42 Å². The largest absolute Gasteiger partial charge is 0.455 e. The van der Waals surface area contributed by atoms with Crippen LogP contribution in [0.15, 0.2) is 192 Å². The third-order valence-electron chi connectivity index (χ3n) is 11.1. The molecule has 0 radical (unpaired) electrons. The van der Waals surface area contributed by atoms with Gasteiger partial charge < -0.3 is 9.32 Å². The molecule has 0 amide bonds. The van der Waals surface area contributed by atoms with E-state index in [0.717, 1.165) is 39.0 Å². The SMILES string of the molecule is c1ccc(-c2ccccc2N(c2ccccc2)c2ccc3c(c2)C2(c4ccccc4-3)c3ccccc3-c3c2ccc2c3oc3ccccc32)cc1. The van der Waals surface area contributed by atoms with Crippen molar-refractivity contribution in [1.29, 1.82) is 0 Å². The van der Waals surface area contributed by atoms with E-state index in [2.05, 4.69) is 193 Å². The highest BCUT2D eigenvalue weighted by atomic mass is 16.3. The summed E-state index contributed by atoms with van der Waals surface area (Å²) >= 11 is 0. The van der Waals surface area contributed by atoms with Gasteiger partial charge in [-0.05, 0) is 80.9 Å². The van der Waals surface area contributed by atoms with Gasteiger partial charge in [0.15, 0.2) is 0 Å². The highest BCUT2D eigenvalue weighted by Crippen LogP contribution is 2.64. The van der Waals surface area contributed by atoms with E-state index in [1.54, 1.807) is 0 Å². The lowest BCUT2D eigenvalue weighted by Gasteiger charge is -2.32. The zero-order valence-electron chi connectivity index (χ0n) is 27.8. The molecule has 0 aliphatic heterocycles. The van der Waals surface area contributed by atoms with Crippen molar-refractivity contribution in [3.8, 4) is 33.4 Å². The number of hydrogen-bond donors (Lipinski definition) is 0. The predicted octanol–water partition coefficient (Wildman–Crippen LogP) is 13.1. The molecule has 0 saturated heterocycles. The monoisotopic (exact) mass is 649 g/mol. The van der Waals surface area contributed by atoms with E-state index in [-0.39, 0.29) is 0 Å². The maximum Gasteiger partial charge on any atom is 0.143 e. The maximum atomic E-state index is 6.76. The van der Waals surface area contributed by atoms with Crippen LogP contribution in [-0.4, -0.2) is 0 Å². The third-order valence-corrected chi connectivity index (χ3v) is 11.1. The molecule has 1 aromatic heterocycles. The molecule has 0 N–H and O–H groups in total. The van der Waals surface area contributed by atoms with Crippen molar-refractivity contribution in [2.45, 2.75) is 5.41 Å². The topological polar surface area (TPSA) is 16.4 Å². The molecular formula is C49H31NO. The van der Waals surface area contributed by atoms with E-state index >= 15 is 0 Å². The second kappa shape index (κ2) is 10.7. The predicted molar refractivity (Wildman–Crippen MR) is 210 cm³/mol. The van der Waals surface area contributed by atoms with Crippen LogP contribution in [0.1, 0.15) is 22.3 Å². The number of fused-ring (bicyclic) bond motifs is 14. The minimum Gasteiger partial charge on any atom is -0.455 e. The molecule has 1 unspecified atom stereocenters. The molecule has 1 atom stereocenters. The van der Waals surface area contributed by atoms with Crippen molar-refractivity contribution < 1.29 is 4.42 Å². The fourth-order valence-electron chi connectivity index (χ4n) is 9.06. The molecule has 2 nitrogen and oxygen atoms in total. The zero-order chi connectivity index (χ0) is 33.5. The Balaban J connectivity index is 1.22. The lowest BCUT2D eigenvalue weighted by molar-refractivity contribution is 0.669. The summed E-state index contributed by atoms with van der Waals surface area (Å²) in [4.78, 5) is 2.42. The van der Waals surface area contributed by atoms with Crippen molar-refractivity contribution in [2.75, 3.05) is 4.90 Å². The zero-order valence-corrected chi connectivity index (χ0v) is 27.8. The van der Waals surface area contributed by atoms with Gasteiger partial charge in [0, 0.05) is 33.3 Å². The van der Waals surface area contributed by atoms with E-state index in [1.165, 1.54) is 55.6 Å². The average Bonchev–Trinajstić information content (AvgIpc) is 3.83. The first-order chi connectivity index (χ1) is 25.3. The number of rotatable bonds is 4. The average molecular weight is 650 g/mol. The van der Waals surface area contributed by atoms with Gasteiger partial charge in [-0.25, -0.2) is 0 Å². The molecule has 11 rings (SSSR count). The molecule has 2 aliphatic carbocycles. The highest BCUT2D eigenvalue weighted by Gasteiger charge is 2.52. The van der Waals surface area contributed by atoms with Gasteiger partial charge in [-0.2, -0.15) is 0 Å². The van der Waals surface area contributed by atoms with Crippen LogP contribution in [0.2, 0.25) is 0 Å². The van der Waals surface area contributed by atoms with Crippen LogP contribution in [0.4, 0.5) is 17.1 Å². The minimum atomic E-state index is -0.512. The third kappa shape index (κ3) is 3.82. The number of hydrogen-bond acceptors (Lipinski definition) is 2. The van der Waals surface area contributed by atoms with Crippen LogP contribution in [0.25, 0.3) is 55.3 Å². The first kappa shape index (κ1) is 28.2. The van der Waals surface area contributed by atoms with Gasteiger partial charge >= 0.3 is 0 Å². The van der Waals surface area contributed by atoms with Crippen molar-refractivity contribution in [3.05, 3.63) is 210 Å². The van der Waals surface area contributed by atoms with E-state index < -0.39 is 5.41 Å². The van der Waals surface area contributed by atoms with Gasteiger partial charge in [0.05, 0.1) is 11.1 Å². The van der Waals surface area contributed by atoms with Crippen molar-refractivity contribution in [2.24, 2.45) is 0 Å². The molecule has 0 saturated carbocycles. The number of para-hydroxylation sites is 3. The molecule has 51 heavy (non-hydrogen) atoms. The normalized spacial score (nSPS) is 15.1. The molecule has 2 aliphatic rings. The van der Waals surface area contributed by atoms with E-state index in [1.807, 2.05) is 0 Å². The fourth-order valence-corrected chi connectivity index (χ4v) is 9.06. The fraction of sp³-hybridized carbons (Fsp3) is 0.0204. The smallest absolute Gasteiger partial charge is 0.143 e. The van der Waals surface area contributed by atoms with E-state index in [9.17, 15) is 0 Å². The molecule has 0 fully saturated rings. The minimum absolute atomic E-state index is 0.512. The number of anilines is 3. The lowest BCUT2D eigenvalue weighted by atomic mass is 9.70. The van der Waals surface area contributed by atoms with Gasteiger partial charge in [0.2, 0.25) is 0 Å². The van der Waals surface area contributed by atoms with Gasteiger partial charge in [-0.3, -0.25) is 0 Å². The maximum absolute atomic E-state index is 6.76. The summed E-state index contributed by atoms with van der Waals surface area (Å²) < 4.78 is 6.76. The van der Waals surface area contributed by atoms with Crippen LogP contribution >= 0.6 is 0 Å². The molecule has 1 heterocycles. The summed E-state index contributed by atoms with van der Waals surface area (Å²) in [6.07, 6.45) is 0.